The number of ether oxygens (including phenoxy) is 3. The van der Waals surface area contributed by atoms with Crippen LogP contribution in [0.4, 0.5) is 10.5 Å². The highest BCUT2D eigenvalue weighted by Gasteiger charge is 2.17. The number of carbonyl (C=O) groups excluding carboxylic acids is 3. The minimum atomic E-state index is -0.777. The molecule has 0 saturated carbocycles. The molecule has 0 bridgehead atoms. The Morgan fingerprint density at radius 1 is 0.964 bits per heavy atom. The van der Waals surface area contributed by atoms with E-state index in [0.717, 1.165) is 11.1 Å². The van der Waals surface area contributed by atoms with Gasteiger partial charge in [-0.3, -0.25) is 10.1 Å². The van der Waals surface area contributed by atoms with E-state index in [4.69, 9.17) is 14.2 Å². The lowest BCUT2D eigenvalue weighted by molar-refractivity contribution is -0.123. The molecular formula is C20H22N2O6. The summed E-state index contributed by atoms with van der Waals surface area (Å²) in [5.74, 6) is -0.831. The second kappa shape index (κ2) is 9.40. The SMILES string of the molecule is COc1ccc(OC)c(C(=O)OCC(=O)NC(=O)Nc2ccc(C)cc2C)c1. The Morgan fingerprint density at radius 3 is 2.36 bits per heavy atom. The first-order valence-corrected chi connectivity index (χ1v) is 8.41. The molecule has 8 nitrogen and oxygen atoms in total. The minimum Gasteiger partial charge on any atom is -0.497 e. The Hall–Kier alpha value is -3.55. The van der Waals surface area contributed by atoms with Crippen molar-refractivity contribution < 1.29 is 28.6 Å². The van der Waals surface area contributed by atoms with Gasteiger partial charge in [0.15, 0.2) is 6.61 Å². The fourth-order valence-electron chi connectivity index (χ4n) is 2.45. The summed E-state index contributed by atoms with van der Waals surface area (Å²) in [6, 6.07) is 9.38. The molecule has 0 aliphatic carbocycles. The number of nitrogens with one attached hydrogen (secondary N) is 2. The van der Waals surface area contributed by atoms with Gasteiger partial charge < -0.3 is 19.5 Å². The van der Waals surface area contributed by atoms with Gasteiger partial charge in [-0.05, 0) is 43.7 Å². The van der Waals surface area contributed by atoms with Crippen LogP contribution in [-0.2, 0) is 9.53 Å². The summed E-state index contributed by atoms with van der Waals surface area (Å²) in [6.45, 7) is 3.15. The smallest absolute Gasteiger partial charge is 0.342 e. The molecule has 2 N–H and O–H groups in total. The van der Waals surface area contributed by atoms with Crippen molar-refractivity contribution in [2.24, 2.45) is 0 Å². The number of urea groups is 1. The van der Waals surface area contributed by atoms with Crippen molar-refractivity contribution in [3.8, 4) is 11.5 Å². The maximum Gasteiger partial charge on any atom is 0.342 e. The minimum absolute atomic E-state index is 0.106. The van der Waals surface area contributed by atoms with E-state index in [-0.39, 0.29) is 11.3 Å². The van der Waals surface area contributed by atoms with Gasteiger partial charge in [-0.1, -0.05) is 17.7 Å². The largest absolute Gasteiger partial charge is 0.497 e. The van der Waals surface area contributed by atoms with Crippen LogP contribution in [-0.4, -0.2) is 38.7 Å². The molecule has 0 radical (unpaired) electrons. The second-order valence-corrected chi connectivity index (χ2v) is 5.96. The monoisotopic (exact) mass is 386 g/mol. The highest BCUT2D eigenvalue weighted by Crippen LogP contribution is 2.24. The average Bonchev–Trinajstić information content (AvgIpc) is 2.67. The molecule has 0 fully saturated rings. The van der Waals surface area contributed by atoms with Crippen LogP contribution in [0.5, 0.6) is 11.5 Å². The van der Waals surface area contributed by atoms with E-state index in [2.05, 4.69) is 10.6 Å². The predicted molar refractivity (Wildman–Crippen MR) is 103 cm³/mol. The Balaban J connectivity index is 1.91. The maximum absolute atomic E-state index is 12.2. The van der Waals surface area contributed by atoms with Crippen molar-refractivity contribution in [3.63, 3.8) is 0 Å². The van der Waals surface area contributed by atoms with Crippen LogP contribution in [0.25, 0.3) is 0 Å². The summed E-state index contributed by atoms with van der Waals surface area (Å²) < 4.78 is 15.1. The van der Waals surface area contributed by atoms with E-state index >= 15 is 0 Å². The van der Waals surface area contributed by atoms with E-state index < -0.39 is 24.5 Å². The van der Waals surface area contributed by atoms with E-state index in [9.17, 15) is 14.4 Å². The quantitative estimate of drug-likeness (QED) is 0.740. The van der Waals surface area contributed by atoms with Gasteiger partial charge in [0.25, 0.3) is 5.91 Å². The van der Waals surface area contributed by atoms with Gasteiger partial charge in [-0.25, -0.2) is 9.59 Å². The normalized spacial score (nSPS) is 10.0. The van der Waals surface area contributed by atoms with Crippen LogP contribution in [0.1, 0.15) is 21.5 Å². The fraction of sp³-hybridized carbons (Fsp3) is 0.250. The molecule has 0 spiro atoms. The van der Waals surface area contributed by atoms with Crippen LogP contribution < -0.4 is 20.1 Å². The van der Waals surface area contributed by atoms with Gasteiger partial charge in [0.1, 0.15) is 17.1 Å². The summed E-state index contributed by atoms with van der Waals surface area (Å²) in [4.78, 5) is 36.0. The number of esters is 1. The van der Waals surface area contributed by atoms with Crippen LogP contribution in [0.2, 0.25) is 0 Å². The van der Waals surface area contributed by atoms with Crippen LogP contribution >= 0.6 is 0 Å². The first-order valence-electron chi connectivity index (χ1n) is 8.41. The van der Waals surface area contributed by atoms with Crippen molar-refractivity contribution in [1.82, 2.24) is 5.32 Å². The topological polar surface area (TPSA) is 103 Å². The molecule has 0 aliphatic rings. The van der Waals surface area contributed by atoms with Gasteiger partial charge in [0.2, 0.25) is 0 Å². The van der Waals surface area contributed by atoms with Crippen molar-refractivity contribution in [3.05, 3.63) is 53.1 Å². The molecule has 8 heteroatoms. The molecule has 2 rings (SSSR count). The summed E-state index contributed by atoms with van der Waals surface area (Å²) in [7, 11) is 2.86. The molecular weight excluding hydrogens is 364 g/mol. The molecule has 0 aliphatic heterocycles. The molecule has 2 aromatic carbocycles. The van der Waals surface area contributed by atoms with Crippen LogP contribution in [0.15, 0.2) is 36.4 Å². The number of carbonyl (C=O) groups is 3. The molecule has 0 heterocycles. The van der Waals surface area contributed by atoms with E-state index in [1.54, 1.807) is 18.2 Å². The lowest BCUT2D eigenvalue weighted by Crippen LogP contribution is -2.37. The van der Waals surface area contributed by atoms with Crippen molar-refractivity contribution in [2.45, 2.75) is 13.8 Å². The molecule has 3 amide bonds. The number of rotatable bonds is 6. The maximum atomic E-state index is 12.2. The number of benzene rings is 2. The Bertz CT molecular complexity index is 894. The number of amides is 3. The first-order chi connectivity index (χ1) is 13.3. The Kier molecular flexibility index (Phi) is 6.97. The number of anilines is 1. The van der Waals surface area contributed by atoms with Gasteiger partial charge in [0.05, 0.1) is 14.2 Å². The molecule has 0 saturated heterocycles. The van der Waals surface area contributed by atoms with Gasteiger partial charge in [-0.15, -0.1) is 0 Å². The zero-order chi connectivity index (χ0) is 20.7. The van der Waals surface area contributed by atoms with Gasteiger partial charge >= 0.3 is 12.0 Å². The van der Waals surface area contributed by atoms with E-state index in [0.29, 0.717) is 11.4 Å². The number of imide groups is 1. The number of methoxy groups -OCH3 is 2. The first kappa shape index (κ1) is 20.8. The summed E-state index contributed by atoms with van der Waals surface area (Å²) in [6.07, 6.45) is 0. The highest BCUT2D eigenvalue weighted by molar-refractivity contribution is 6.02. The molecule has 0 unspecified atom stereocenters. The zero-order valence-electron chi connectivity index (χ0n) is 16.1. The second-order valence-electron chi connectivity index (χ2n) is 5.96. The summed E-state index contributed by atoms with van der Waals surface area (Å²) in [5.41, 5.74) is 2.60. The average molecular weight is 386 g/mol. The molecule has 148 valence electrons. The van der Waals surface area contributed by atoms with Gasteiger partial charge in [-0.2, -0.15) is 0 Å². The third kappa shape index (κ3) is 5.47. The van der Waals surface area contributed by atoms with E-state index in [1.165, 1.54) is 20.3 Å². The number of aryl methyl sites for hydroxylation is 2. The Morgan fingerprint density at radius 2 is 1.71 bits per heavy atom. The standard InChI is InChI=1S/C20H22N2O6/c1-12-5-7-16(13(2)9-12)21-20(25)22-18(23)11-28-19(24)15-10-14(26-3)6-8-17(15)27-4/h5-10H,11H2,1-4H3,(H2,21,22,23,25). The third-order valence-corrected chi connectivity index (χ3v) is 3.84. The van der Waals surface area contributed by atoms with Crippen molar-refractivity contribution in [2.75, 3.05) is 26.1 Å². The number of hydrogen-bond acceptors (Lipinski definition) is 6. The summed E-state index contributed by atoms with van der Waals surface area (Å²) in [5, 5.41) is 4.68. The lowest BCUT2D eigenvalue weighted by Gasteiger charge is -2.11. The number of hydrogen-bond donors (Lipinski definition) is 2. The van der Waals surface area contributed by atoms with Crippen LogP contribution in [0.3, 0.4) is 0 Å². The molecule has 2 aromatic rings. The Labute approximate surface area is 162 Å². The van der Waals surface area contributed by atoms with Crippen LogP contribution in [0, 0.1) is 13.8 Å². The summed E-state index contributed by atoms with van der Waals surface area (Å²) >= 11 is 0. The molecule has 0 aromatic heterocycles. The predicted octanol–water partition coefficient (Wildman–Crippen LogP) is 2.83. The van der Waals surface area contributed by atoms with E-state index in [1.807, 2.05) is 26.0 Å². The molecule has 0 atom stereocenters. The van der Waals surface area contributed by atoms with Crippen molar-refractivity contribution >= 4 is 23.6 Å². The highest BCUT2D eigenvalue weighted by atomic mass is 16.5. The van der Waals surface area contributed by atoms with Gasteiger partial charge in [0, 0.05) is 5.69 Å². The molecule has 28 heavy (non-hydrogen) atoms. The van der Waals surface area contributed by atoms with Crippen molar-refractivity contribution in [1.29, 1.82) is 0 Å². The fourth-order valence-corrected chi connectivity index (χ4v) is 2.45. The lowest BCUT2D eigenvalue weighted by atomic mass is 10.1. The third-order valence-electron chi connectivity index (χ3n) is 3.84. The zero-order valence-corrected chi connectivity index (χ0v) is 16.1.